The van der Waals surface area contributed by atoms with E-state index in [1.807, 2.05) is 25.1 Å². The molecule has 1 aliphatic heterocycles. The Hall–Kier alpha value is -2.15. The zero-order valence-corrected chi connectivity index (χ0v) is 22.6. The highest BCUT2D eigenvalue weighted by atomic mass is 79.9. The van der Waals surface area contributed by atoms with Crippen molar-refractivity contribution >= 4 is 50.5 Å². The van der Waals surface area contributed by atoms with Crippen LogP contribution in [0.3, 0.4) is 0 Å². The minimum Gasteiger partial charge on any atom is -0.490 e. The molecular weight excluding hydrogens is 554 g/mol. The van der Waals surface area contributed by atoms with Crippen LogP contribution in [0.5, 0.6) is 11.5 Å². The van der Waals surface area contributed by atoms with E-state index in [-0.39, 0.29) is 12.4 Å². The summed E-state index contributed by atoms with van der Waals surface area (Å²) in [5.41, 5.74) is 3.76. The van der Waals surface area contributed by atoms with Gasteiger partial charge < -0.3 is 19.7 Å². The molecule has 186 valence electrons. The molecule has 3 aromatic carbocycles. The van der Waals surface area contributed by atoms with Crippen LogP contribution in [0.1, 0.15) is 37.3 Å². The first-order chi connectivity index (χ1) is 16.9. The first-order valence-corrected chi connectivity index (χ1v) is 13.3. The number of hydrogen-bond acceptors (Lipinski definition) is 4. The van der Waals surface area contributed by atoms with Crippen molar-refractivity contribution in [3.05, 3.63) is 80.0 Å². The van der Waals surface area contributed by atoms with Gasteiger partial charge in [0, 0.05) is 35.4 Å². The minimum atomic E-state index is -0.379. The number of anilines is 2. The lowest BCUT2D eigenvalue weighted by atomic mass is 10.1. The van der Waals surface area contributed by atoms with Crippen LogP contribution < -0.4 is 19.7 Å². The Morgan fingerprint density at radius 1 is 0.914 bits per heavy atom. The van der Waals surface area contributed by atoms with Crippen LogP contribution in [0, 0.1) is 5.82 Å². The topological polar surface area (TPSA) is 33.7 Å². The molecule has 1 saturated heterocycles. The van der Waals surface area contributed by atoms with Gasteiger partial charge in [0.2, 0.25) is 0 Å². The number of hydrogen-bond donors (Lipinski definition) is 1. The van der Waals surface area contributed by atoms with Gasteiger partial charge >= 0.3 is 0 Å². The molecule has 0 amide bonds. The Bertz CT molecular complexity index is 1170. The van der Waals surface area contributed by atoms with Crippen LogP contribution in [0.15, 0.2) is 53.0 Å². The molecule has 4 rings (SSSR count). The van der Waals surface area contributed by atoms with Gasteiger partial charge in [-0.3, -0.25) is 0 Å². The van der Waals surface area contributed by atoms with E-state index < -0.39 is 0 Å². The smallest absolute Gasteiger partial charge is 0.162 e. The van der Waals surface area contributed by atoms with Gasteiger partial charge in [-0.15, -0.1) is 0 Å². The molecule has 0 atom stereocenters. The van der Waals surface area contributed by atoms with E-state index in [4.69, 9.17) is 32.7 Å². The fourth-order valence-electron chi connectivity index (χ4n) is 4.09. The second-order valence-corrected chi connectivity index (χ2v) is 10.1. The molecule has 0 aliphatic carbocycles. The number of nitrogens with zero attached hydrogens (tertiary/aromatic N) is 1. The predicted molar refractivity (Wildman–Crippen MR) is 146 cm³/mol. The number of piperidine rings is 1. The summed E-state index contributed by atoms with van der Waals surface area (Å²) >= 11 is 16.4. The molecule has 0 radical (unpaired) electrons. The summed E-state index contributed by atoms with van der Waals surface area (Å²) in [5, 5.41) is 4.54. The third-order valence-corrected chi connectivity index (χ3v) is 7.33. The first kappa shape index (κ1) is 25.9. The molecule has 0 aromatic heterocycles. The highest BCUT2D eigenvalue weighted by Gasteiger charge is 2.15. The lowest BCUT2D eigenvalue weighted by Gasteiger charge is -2.29. The second-order valence-electron chi connectivity index (χ2n) is 8.42. The van der Waals surface area contributed by atoms with Crippen LogP contribution in [0.25, 0.3) is 0 Å². The van der Waals surface area contributed by atoms with Gasteiger partial charge in [-0.1, -0.05) is 45.2 Å². The predicted octanol–water partition coefficient (Wildman–Crippen LogP) is 8.48. The number of benzene rings is 3. The normalized spacial score (nSPS) is 13.6. The molecule has 0 spiro atoms. The molecule has 1 N–H and O–H groups in total. The van der Waals surface area contributed by atoms with Gasteiger partial charge in [0.05, 0.1) is 22.3 Å². The van der Waals surface area contributed by atoms with Gasteiger partial charge in [-0.2, -0.15) is 0 Å². The Balaban J connectivity index is 1.45. The maximum absolute atomic E-state index is 13.3. The maximum atomic E-state index is 13.3. The molecule has 35 heavy (non-hydrogen) atoms. The lowest BCUT2D eigenvalue weighted by molar-refractivity contribution is 0.269. The van der Waals surface area contributed by atoms with Crippen molar-refractivity contribution in [3.8, 4) is 11.5 Å². The Kier molecular flexibility index (Phi) is 9.04. The third kappa shape index (κ3) is 6.75. The fraction of sp³-hybridized carbons (Fsp3) is 0.333. The number of nitrogens with one attached hydrogen (secondary N) is 1. The van der Waals surface area contributed by atoms with Crippen LogP contribution >= 0.6 is 39.1 Å². The molecule has 1 aliphatic rings. The van der Waals surface area contributed by atoms with Crippen molar-refractivity contribution in [1.82, 2.24) is 0 Å². The van der Waals surface area contributed by atoms with Crippen molar-refractivity contribution in [2.75, 3.05) is 29.9 Å². The van der Waals surface area contributed by atoms with Crippen molar-refractivity contribution in [2.24, 2.45) is 0 Å². The van der Waals surface area contributed by atoms with Crippen molar-refractivity contribution in [3.63, 3.8) is 0 Å². The van der Waals surface area contributed by atoms with Crippen LogP contribution in [0.2, 0.25) is 10.0 Å². The molecule has 4 nitrogen and oxygen atoms in total. The van der Waals surface area contributed by atoms with Crippen LogP contribution in [-0.4, -0.2) is 19.7 Å². The summed E-state index contributed by atoms with van der Waals surface area (Å²) in [6, 6.07) is 14.2. The van der Waals surface area contributed by atoms with Crippen LogP contribution in [-0.2, 0) is 13.2 Å². The summed E-state index contributed by atoms with van der Waals surface area (Å²) < 4.78 is 26.0. The molecular formula is C27H28BrCl2FN2O2. The summed E-state index contributed by atoms with van der Waals surface area (Å²) in [5.74, 6) is 0.830. The summed E-state index contributed by atoms with van der Waals surface area (Å²) in [4.78, 5) is 2.36. The fourth-order valence-corrected chi connectivity index (χ4v) is 5.08. The quantitative estimate of drug-likeness (QED) is 0.275. The molecule has 0 unspecified atom stereocenters. The van der Waals surface area contributed by atoms with Gasteiger partial charge in [0.25, 0.3) is 0 Å². The van der Waals surface area contributed by atoms with E-state index >= 15 is 0 Å². The number of halogens is 4. The summed E-state index contributed by atoms with van der Waals surface area (Å²) in [6.45, 7) is 5.31. The zero-order valence-electron chi connectivity index (χ0n) is 19.6. The molecule has 3 aromatic rings. The van der Waals surface area contributed by atoms with Gasteiger partial charge in [-0.25, -0.2) is 4.39 Å². The van der Waals surface area contributed by atoms with Gasteiger partial charge in [-0.05, 0) is 74.2 Å². The number of ether oxygens (including phenoxy) is 2. The molecule has 1 fully saturated rings. The largest absolute Gasteiger partial charge is 0.490 e. The van der Waals surface area contributed by atoms with Crippen molar-refractivity contribution in [1.29, 1.82) is 0 Å². The molecule has 8 heteroatoms. The standard InChI is InChI=1S/C27H28BrCl2FN2O2/c1-2-34-26-12-19(22(28)15-27(26)35-17-18-6-7-20(31)13-23(18)29)16-32-21-8-9-25(24(30)14-21)33-10-4-3-5-11-33/h6-9,12-15,32H,2-5,10-11,16-17H2,1H3. The van der Waals surface area contributed by atoms with E-state index in [0.717, 1.165) is 39.5 Å². The number of rotatable bonds is 9. The van der Waals surface area contributed by atoms with Gasteiger partial charge in [0.1, 0.15) is 12.4 Å². The van der Waals surface area contributed by atoms with E-state index in [2.05, 4.69) is 38.3 Å². The summed E-state index contributed by atoms with van der Waals surface area (Å²) in [6.07, 6.45) is 3.71. The Labute approximate surface area is 224 Å². The Morgan fingerprint density at radius 2 is 1.69 bits per heavy atom. The van der Waals surface area contributed by atoms with E-state index in [1.165, 1.54) is 31.4 Å². The monoisotopic (exact) mass is 580 g/mol. The van der Waals surface area contributed by atoms with Gasteiger partial charge in [0.15, 0.2) is 11.5 Å². The first-order valence-electron chi connectivity index (χ1n) is 11.7. The SMILES string of the molecule is CCOc1cc(CNc2ccc(N3CCCCC3)c(Cl)c2)c(Br)cc1OCc1ccc(F)cc1Cl. The van der Waals surface area contributed by atoms with Crippen molar-refractivity contribution in [2.45, 2.75) is 39.3 Å². The zero-order chi connectivity index (χ0) is 24.8. The van der Waals surface area contributed by atoms with E-state index in [1.54, 1.807) is 6.07 Å². The highest BCUT2D eigenvalue weighted by molar-refractivity contribution is 9.10. The summed E-state index contributed by atoms with van der Waals surface area (Å²) in [7, 11) is 0. The molecule has 1 heterocycles. The maximum Gasteiger partial charge on any atom is 0.162 e. The van der Waals surface area contributed by atoms with Crippen LogP contribution in [0.4, 0.5) is 15.8 Å². The average Bonchev–Trinajstić information content (AvgIpc) is 2.84. The Morgan fingerprint density at radius 3 is 2.40 bits per heavy atom. The van der Waals surface area contributed by atoms with E-state index in [0.29, 0.717) is 35.2 Å². The average molecular weight is 582 g/mol. The molecule has 0 bridgehead atoms. The van der Waals surface area contributed by atoms with E-state index in [9.17, 15) is 4.39 Å². The van der Waals surface area contributed by atoms with Crippen molar-refractivity contribution < 1.29 is 13.9 Å². The third-order valence-electron chi connectivity index (χ3n) is 5.94. The molecule has 0 saturated carbocycles. The highest BCUT2D eigenvalue weighted by Crippen LogP contribution is 2.36. The lowest BCUT2D eigenvalue weighted by Crippen LogP contribution is -2.29. The minimum absolute atomic E-state index is 0.199. The second kappa shape index (κ2) is 12.2.